The molecule has 0 aliphatic rings. The summed E-state index contributed by atoms with van der Waals surface area (Å²) in [6.07, 6.45) is 0. The third-order valence-corrected chi connectivity index (χ3v) is 3.71. The molecule has 17 heavy (non-hydrogen) atoms. The van der Waals surface area contributed by atoms with Crippen LogP contribution < -0.4 is 5.73 Å². The zero-order valence-electron chi connectivity index (χ0n) is 9.21. The Morgan fingerprint density at radius 1 is 1.24 bits per heavy atom. The zero-order chi connectivity index (χ0) is 12.1. The monoisotopic (exact) mass is 447 g/mol. The van der Waals surface area contributed by atoms with E-state index in [9.17, 15) is 0 Å². The van der Waals surface area contributed by atoms with Gasteiger partial charge in [0.2, 0.25) is 0 Å². The van der Waals surface area contributed by atoms with Crippen LogP contribution in [0.25, 0.3) is 10.8 Å². The average molecular weight is 449 g/mol. The Morgan fingerprint density at radius 2 is 1.82 bits per heavy atom. The van der Waals surface area contributed by atoms with Crippen molar-refractivity contribution < 1.29 is 0 Å². The van der Waals surface area contributed by atoms with Crippen molar-refractivity contribution in [3.63, 3.8) is 0 Å². The lowest BCUT2D eigenvalue weighted by Gasteiger charge is -2.01. The van der Waals surface area contributed by atoms with E-state index in [1.165, 1.54) is 14.3 Å². The summed E-state index contributed by atoms with van der Waals surface area (Å²) in [6, 6.07) is 10.3. The van der Waals surface area contributed by atoms with Gasteiger partial charge in [-0.3, -0.25) is 0 Å². The van der Waals surface area contributed by atoms with E-state index in [1.807, 2.05) is 19.1 Å². The summed E-state index contributed by atoms with van der Waals surface area (Å²) in [4.78, 5) is 0. The molecule has 0 aromatic heterocycles. The Kier molecular flexibility index (Phi) is 8.76. The van der Waals surface area contributed by atoms with Crippen molar-refractivity contribution in [3.8, 4) is 0 Å². The quantitative estimate of drug-likeness (QED) is 0.547. The second-order valence-electron chi connectivity index (χ2n) is 3.17. The molecule has 0 saturated carbocycles. The van der Waals surface area contributed by atoms with Gasteiger partial charge in [0.25, 0.3) is 0 Å². The molecule has 0 heterocycles. The molecule has 0 fully saturated rings. The van der Waals surface area contributed by atoms with E-state index in [0.717, 1.165) is 16.0 Å². The maximum atomic E-state index is 5.98. The molecule has 2 aromatic carbocycles. The summed E-state index contributed by atoms with van der Waals surface area (Å²) in [5.41, 5.74) is 4.85. The van der Waals surface area contributed by atoms with Gasteiger partial charge >= 0.3 is 0 Å². The molecular weight excluding hydrogens is 436 g/mol. The summed E-state index contributed by atoms with van der Waals surface area (Å²) in [5, 5.41) is 3.14. The summed E-state index contributed by atoms with van der Waals surface area (Å²) in [6.45, 7) is 2.65. The Hall–Kier alpha value is 0.450. The minimum Gasteiger partial charge on any atom is -0.331 e. The highest BCUT2D eigenvalue weighted by Crippen LogP contribution is 2.28. The van der Waals surface area contributed by atoms with Crippen LogP contribution in [0.4, 0.5) is 0 Å². The van der Waals surface area contributed by atoms with Crippen molar-refractivity contribution in [1.82, 2.24) is 0 Å². The van der Waals surface area contributed by atoms with E-state index < -0.39 is 0 Å². The minimum atomic E-state index is 0. The van der Waals surface area contributed by atoms with Gasteiger partial charge in [0, 0.05) is 8.04 Å². The molecule has 0 radical (unpaired) electrons. The fraction of sp³-hybridized carbons (Fsp3) is 0.167. The van der Waals surface area contributed by atoms with Crippen molar-refractivity contribution in [2.24, 2.45) is 5.73 Å². The molecule has 0 atom stereocenters. The van der Waals surface area contributed by atoms with Crippen LogP contribution in [0.1, 0.15) is 6.92 Å². The van der Waals surface area contributed by atoms with E-state index in [4.69, 9.17) is 17.3 Å². The lowest BCUT2D eigenvalue weighted by Crippen LogP contribution is -1.87. The molecule has 2 aromatic rings. The standard InChI is InChI=1S/C10H5BrClI.C2H7N.ClH/c11-9-4-7-3-8(13)2-1-6(7)5-10(9)12;1-2-3;/h1-5H;2-3H2,1H3;1H. The zero-order valence-corrected chi connectivity index (χ0v) is 14.5. The number of hydrogen-bond acceptors (Lipinski definition) is 1. The number of halogens is 4. The molecule has 0 amide bonds. The first kappa shape index (κ1) is 17.4. The number of fused-ring (bicyclic) bond motifs is 1. The Morgan fingerprint density at radius 3 is 2.41 bits per heavy atom. The van der Waals surface area contributed by atoms with Crippen LogP contribution in [0.2, 0.25) is 5.02 Å². The van der Waals surface area contributed by atoms with Crippen molar-refractivity contribution in [2.45, 2.75) is 6.92 Å². The minimum absolute atomic E-state index is 0. The third-order valence-electron chi connectivity index (χ3n) is 1.84. The second kappa shape index (κ2) is 8.53. The lowest BCUT2D eigenvalue weighted by molar-refractivity contribution is 1.14. The van der Waals surface area contributed by atoms with Crippen molar-refractivity contribution in [1.29, 1.82) is 0 Å². The van der Waals surface area contributed by atoms with Crippen molar-refractivity contribution in [2.75, 3.05) is 6.54 Å². The molecule has 0 unspecified atom stereocenters. The SMILES string of the molecule is CCN.Cl.Clc1cc2ccc(I)cc2cc1Br. The molecule has 0 aliphatic carbocycles. The third kappa shape index (κ3) is 5.30. The number of rotatable bonds is 0. The van der Waals surface area contributed by atoms with Crippen LogP contribution in [0.5, 0.6) is 0 Å². The van der Waals surface area contributed by atoms with E-state index in [1.54, 1.807) is 0 Å². The van der Waals surface area contributed by atoms with Gasteiger partial charge in [-0.25, -0.2) is 0 Å². The molecular formula is C12H13BrCl2IN. The smallest absolute Gasteiger partial charge is 0.0554 e. The first-order chi connectivity index (χ1) is 7.58. The molecule has 0 saturated heterocycles. The maximum Gasteiger partial charge on any atom is 0.0554 e. The molecule has 0 spiro atoms. The van der Waals surface area contributed by atoms with Gasteiger partial charge in [-0.1, -0.05) is 24.6 Å². The summed E-state index contributed by atoms with van der Waals surface area (Å²) in [5.74, 6) is 0. The summed E-state index contributed by atoms with van der Waals surface area (Å²) < 4.78 is 2.18. The fourth-order valence-electron chi connectivity index (χ4n) is 1.21. The van der Waals surface area contributed by atoms with Crippen LogP contribution >= 0.6 is 62.5 Å². The van der Waals surface area contributed by atoms with Crippen LogP contribution in [0.15, 0.2) is 34.8 Å². The maximum absolute atomic E-state index is 5.98. The molecule has 2 rings (SSSR count). The van der Waals surface area contributed by atoms with Crippen LogP contribution in [-0.4, -0.2) is 6.54 Å². The van der Waals surface area contributed by atoms with Crippen molar-refractivity contribution >= 4 is 73.3 Å². The van der Waals surface area contributed by atoms with Crippen LogP contribution in [0.3, 0.4) is 0 Å². The van der Waals surface area contributed by atoms with Gasteiger partial charge < -0.3 is 5.73 Å². The summed E-state index contributed by atoms with van der Waals surface area (Å²) >= 11 is 11.7. The van der Waals surface area contributed by atoms with Gasteiger partial charge in [0.15, 0.2) is 0 Å². The normalized spacial score (nSPS) is 9.24. The molecule has 2 N–H and O–H groups in total. The van der Waals surface area contributed by atoms with Gasteiger partial charge in [-0.2, -0.15) is 0 Å². The lowest BCUT2D eigenvalue weighted by atomic mass is 10.1. The second-order valence-corrected chi connectivity index (χ2v) is 5.67. The molecule has 0 bridgehead atoms. The molecule has 5 heteroatoms. The highest BCUT2D eigenvalue weighted by Gasteiger charge is 2.00. The van der Waals surface area contributed by atoms with E-state index in [-0.39, 0.29) is 12.4 Å². The van der Waals surface area contributed by atoms with Crippen LogP contribution in [0, 0.1) is 3.57 Å². The van der Waals surface area contributed by atoms with Gasteiger partial charge in [-0.05, 0) is 80.1 Å². The number of benzene rings is 2. The molecule has 0 aliphatic heterocycles. The van der Waals surface area contributed by atoms with E-state index in [0.29, 0.717) is 0 Å². The average Bonchev–Trinajstić information content (AvgIpc) is 2.21. The van der Waals surface area contributed by atoms with Gasteiger partial charge in [0.1, 0.15) is 0 Å². The topological polar surface area (TPSA) is 26.0 Å². The van der Waals surface area contributed by atoms with Crippen LogP contribution in [-0.2, 0) is 0 Å². The van der Waals surface area contributed by atoms with E-state index in [2.05, 4.69) is 56.7 Å². The Bertz CT molecular complexity index is 491. The highest BCUT2D eigenvalue weighted by molar-refractivity contribution is 14.1. The van der Waals surface area contributed by atoms with Gasteiger partial charge in [-0.15, -0.1) is 12.4 Å². The summed E-state index contributed by atoms with van der Waals surface area (Å²) in [7, 11) is 0. The highest BCUT2D eigenvalue weighted by atomic mass is 127. The fourth-order valence-corrected chi connectivity index (χ4v) is 2.26. The molecule has 94 valence electrons. The first-order valence-corrected chi connectivity index (χ1v) is 7.07. The van der Waals surface area contributed by atoms with Crippen molar-refractivity contribution in [3.05, 3.63) is 43.4 Å². The number of hydrogen-bond donors (Lipinski definition) is 1. The largest absolute Gasteiger partial charge is 0.331 e. The predicted octanol–water partition coefficient (Wildman–Crippen LogP) is 5.25. The number of nitrogens with two attached hydrogens (primary N) is 1. The molecule has 1 nitrogen and oxygen atoms in total. The van der Waals surface area contributed by atoms with E-state index >= 15 is 0 Å². The Labute approximate surface area is 135 Å². The predicted molar refractivity (Wildman–Crippen MR) is 91.4 cm³/mol. The Balaban J connectivity index is 0.000000583. The first-order valence-electron chi connectivity index (χ1n) is 4.83. The van der Waals surface area contributed by atoms with Gasteiger partial charge in [0.05, 0.1) is 5.02 Å².